The van der Waals surface area contributed by atoms with Crippen LogP contribution in [0.2, 0.25) is 0 Å². The summed E-state index contributed by atoms with van der Waals surface area (Å²) in [6, 6.07) is 0. The maximum Gasteiger partial charge on any atom is 0.109 e. The van der Waals surface area contributed by atoms with Gasteiger partial charge in [-0.2, -0.15) is 0 Å². The molecule has 68 valence electrons. The number of rotatable bonds is 8. The van der Waals surface area contributed by atoms with Gasteiger partial charge in [-0.3, -0.25) is 0 Å². The molecule has 0 fully saturated rings. The van der Waals surface area contributed by atoms with Crippen molar-refractivity contribution in [2.75, 3.05) is 6.61 Å². The highest BCUT2D eigenvalue weighted by Crippen LogP contribution is 2.07. The third-order valence-electron chi connectivity index (χ3n) is 1.83. The van der Waals surface area contributed by atoms with Gasteiger partial charge in [-0.05, 0) is 6.42 Å². The Labute approximate surface area is 84.6 Å². The number of hydrogen-bond donors (Lipinski definition) is 0. The van der Waals surface area contributed by atoms with Crippen molar-refractivity contribution in [3.8, 4) is 0 Å². The highest BCUT2D eigenvalue weighted by atomic mass is 127. The Bertz CT molecular complexity index is 58.6. The van der Waals surface area contributed by atoms with Crippen molar-refractivity contribution in [2.45, 2.75) is 51.9 Å². The van der Waals surface area contributed by atoms with Crippen molar-refractivity contribution in [3.63, 3.8) is 0 Å². The highest BCUT2D eigenvalue weighted by Gasteiger charge is 1.89. The fraction of sp³-hybridized carbons (Fsp3) is 1.00. The quantitative estimate of drug-likeness (QED) is 0.476. The van der Waals surface area contributed by atoms with E-state index in [-0.39, 0.29) is 0 Å². The topological polar surface area (TPSA) is 9.23 Å². The molecule has 0 saturated carbocycles. The minimum absolute atomic E-state index is 0.925. The van der Waals surface area contributed by atoms with Crippen LogP contribution in [0, 0.1) is 0 Å². The Morgan fingerprint density at radius 2 is 1.45 bits per heavy atom. The van der Waals surface area contributed by atoms with Crippen molar-refractivity contribution in [3.05, 3.63) is 0 Å². The van der Waals surface area contributed by atoms with Gasteiger partial charge < -0.3 is 3.07 Å². The van der Waals surface area contributed by atoms with E-state index in [0.717, 1.165) is 6.61 Å². The van der Waals surface area contributed by atoms with Crippen molar-refractivity contribution in [1.82, 2.24) is 0 Å². The first-order chi connectivity index (χ1) is 5.41. The van der Waals surface area contributed by atoms with Crippen molar-refractivity contribution >= 4 is 23.0 Å². The van der Waals surface area contributed by atoms with Crippen LogP contribution in [0.1, 0.15) is 51.9 Å². The van der Waals surface area contributed by atoms with Gasteiger partial charge in [0.2, 0.25) is 0 Å². The third-order valence-corrected chi connectivity index (χ3v) is 2.27. The van der Waals surface area contributed by atoms with Gasteiger partial charge in [-0.25, -0.2) is 0 Å². The molecule has 2 heteroatoms. The fourth-order valence-corrected chi connectivity index (χ4v) is 1.43. The van der Waals surface area contributed by atoms with Crippen LogP contribution >= 0.6 is 23.0 Å². The molecule has 0 atom stereocenters. The van der Waals surface area contributed by atoms with Gasteiger partial charge in [0.1, 0.15) is 23.0 Å². The standard InChI is InChI=1S/C9H19IO/c1-2-3-4-5-6-7-8-9-11-10/h2-9H2,1H3. The zero-order valence-electron chi connectivity index (χ0n) is 7.44. The van der Waals surface area contributed by atoms with E-state index in [9.17, 15) is 0 Å². The van der Waals surface area contributed by atoms with Crippen LogP contribution in [0.4, 0.5) is 0 Å². The normalized spacial score (nSPS) is 10.4. The molecule has 0 aromatic heterocycles. The molecule has 0 bridgehead atoms. The molecule has 0 amide bonds. The summed E-state index contributed by atoms with van der Waals surface area (Å²) in [5, 5.41) is 0. The second kappa shape index (κ2) is 10.7. The lowest BCUT2D eigenvalue weighted by Crippen LogP contribution is -1.84. The largest absolute Gasteiger partial charge is 0.316 e. The van der Waals surface area contributed by atoms with Crippen LogP contribution in [0.5, 0.6) is 0 Å². The molecular formula is C9H19IO. The minimum atomic E-state index is 0.925. The second-order valence-corrected chi connectivity index (χ2v) is 3.56. The molecule has 0 aliphatic heterocycles. The molecule has 0 aliphatic carbocycles. The SMILES string of the molecule is CCCCCCCCCOI. The maximum absolute atomic E-state index is 4.94. The molecule has 0 aromatic rings. The molecule has 0 aromatic carbocycles. The number of unbranched alkanes of at least 4 members (excludes halogenated alkanes) is 6. The van der Waals surface area contributed by atoms with Gasteiger partial charge in [0.25, 0.3) is 0 Å². The van der Waals surface area contributed by atoms with E-state index in [4.69, 9.17) is 3.07 Å². The molecule has 11 heavy (non-hydrogen) atoms. The van der Waals surface area contributed by atoms with E-state index in [0.29, 0.717) is 0 Å². The average Bonchev–Trinajstić information content (AvgIpc) is 2.03. The molecule has 1 nitrogen and oxygen atoms in total. The van der Waals surface area contributed by atoms with Crippen LogP contribution in [-0.2, 0) is 3.07 Å². The zero-order valence-corrected chi connectivity index (χ0v) is 9.60. The van der Waals surface area contributed by atoms with Crippen molar-refractivity contribution < 1.29 is 3.07 Å². The molecule has 0 aliphatic rings. The summed E-state index contributed by atoms with van der Waals surface area (Å²) in [4.78, 5) is 0. The highest BCUT2D eigenvalue weighted by molar-refractivity contribution is 14.1. The molecule has 0 unspecified atom stereocenters. The number of hydrogen-bond acceptors (Lipinski definition) is 1. The molecule has 0 saturated heterocycles. The zero-order chi connectivity index (χ0) is 8.36. The molecule has 0 rings (SSSR count). The predicted octanol–water partition coefficient (Wildman–Crippen LogP) is 4.10. The van der Waals surface area contributed by atoms with Gasteiger partial charge >= 0.3 is 0 Å². The Morgan fingerprint density at radius 1 is 0.909 bits per heavy atom. The summed E-state index contributed by atoms with van der Waals surface area (Å²) >= 11 is 1.96. The van der Waals surface area contributed by atoms with Crippen molar-refractivity contribution in [1.29, 1.82) is 0 Å². The number of halogens is 1. The molecule has 0 spiro atoms. The van der Waals surface area contributed by atoms with Crippen molar-refractivity contribution in [2.24, 2.45) is 0 Å². The minimum Gasteiger partial charge on any atom is -0.316 e. The summed E-state index contributed by atoms with van der Waals surface area (Å²) in [6.07, 6.45) is 9.54. The first-order valence-electron chi connectivity index (χ1n) is 4.65. The van der Waals surface area contributed by atoms with Gasteiger partial charge in [0.05, 0.1) is 6.61 Å². The third kappa shape index (κ3) is 10.7. The van der Waals surface area contributed by atoms with Crippen LogP contribution < -0.4 is 0 Å². The van der Waals surface area contributed by atoms with E-state index in [1.54, 1.807) is 0 Å². The fourth-order valence-electron chi connectivity index (χ4n) is 1.11. The van der Waals surface area contributed by atoms with Crippen LogP contribution in [0.3, 0.4) is 0 Å². The monoisotopic (exact) mass is 270 g/mol. The van der Waals surface area contributed by atoms with Crippen LogP contribution in [0.15, 0.2) is 0 Å². The summed E-state index contributed by atoms with van der Waals surface area (Å²) in [7, 11) is 0. The first kappa shape index (κ1) is 11.7. The summed E-state index contributed by atoms with van der Waals surface area (Å²) in [5.74, 6) is 0. The smallest absolute Gasteiger partial charge is 0.109 e. The lowest BCUT2D eigenvalue weighted by Gasteiger charge is -1.98. The lowest BCUT2D eigenvalue weighted by molar-refractivity contribution is 0.399. The van der Waals surface area contributed by atoms with Gasteiger partial charge in [-0.1, -0.05) is 45.4 Å². The van der Waals surface area contributed by atoms with E-state index >= 15 is 0 Å². The summed E-state index contributed by atoms with van der Waals surface area (Å²) < 4.78 is 4.94. The van der Waals surface area contributed by atoms with E-state index in [1.165, 1.54) is 44.9 Å². The Balaban J connectivity index is 2.69. The van der Waals surface area contributed by atoms with Gasteiger partial charge in [0, 0.05) is 0 Å². The predicted molar refractivity (Wildman–Crippen MR) is 58.0 cm³/mol. The van der Waals surface area contributed by atoms with Gasteiger partial charge in [-0.15, -0.1) is 0 Å². The molecular weight excluding hydrogens is 251 g/mol. The van der Waals surface area contributed by atoms with E-state index < -0.39 is 0 Å². The average molecular weight is 270 g/mol. The molecule has 0 radical (unpaired) electrons. The van der Waals surface area contributed by atoms with E-state index in [2.05, 4.69) is 6.92 Å². The Kier molecular flexibility index (Phi) is 11.4. The second-order valence-electron chi connectivity index (χ2n) is 2.93. The first-order valence-corrected chi connectivity index (χ1v) is 5.53. The van der Waals surface area contributed by atoms with Crippen LogP contribution in [-0.4, -0.2) is 6.61 Å². The summed E-state index contributed by atoms with van der Waals surface area (Å²) in [5.41, 5.74) is 0. The molecule has 0 heterocycles. The molecule has 0 N–H and O–H groups in total. The maximum atomic E-state index is 4.94. The Hall–Kier alpha value is 0.690. The van der Waals surface area contributed by atoms with Crippen LogP contribution in [0.25, 0.3) is 0 Å². The lowest BCUT2D eigenvalue weighted by atomic mass is 10.1. The van der Waals surface area contributed by atoms with Gasteiger partial charge in [0.15, 0.2) is 0 Å². The van der Waals surface area contributed by atoms with E-state index in [1.807, 2.05) is 23.0 Å². The Morgan fingerprint density at radius 3 is 2.00 bits per heavy atom. The summed E-state index contributed by atoms with van der Waals surface area (Å²) in [6.45, 7) is 3.18.